The van der Waals surface area contributed by atoms with Crippen LogP contribution in [0.25, 0.3) is 0 Å². The van der Waals surface area contributed by atoms with E-state index < -0.39 is 0 Å². The van der Waals surface area contributed by atoms with Gasteiger partial charge in [-0.15, -0.1) is 0 Å². The van der Waals surface area contributed by atoms with Crippen LogP contribution in [0.4, 0.5) is 0 Å². The predicted octanol–water partition coefficient (Wildman–Crippen LogP) is 2.28. The Morgan fingerprint density at radius 3 is 1.78 bits per heavy atom. The van der Waals surface area contributed by atoms with Crippen molar-refractivity contribution in [2.75, 3.05) is 27.9 Å². The van der Waals surface area contributed by atoms with Crippen LogP contribution < -0.4 is 5.73 Å². The van der Waals surface area contributed by atoms with Crippen molar-refractivity contribution < 1.29 is 49.1 Å². The summed E-state index contributed by atoms with van der Waals surface area (Å²) in [6, 6.07) is 0. The number of methoxy groups -OCH3 is 2. The van der Waals surface area contributed by atoms with Gasteiger partial charge in [0.15, 0.2) is 0 Å². The van der Waals surface area contributed by atoms with Gasteiger partial charge in [0.2, 0.25) is 0 Å². The smallest absolute Gasteiger partial charge is 0.486 e. The molecule has 0 aromatic carbocycles. The molecule has 2 atom stereocenters. The Kier molecular flexibility index (Phi) is 62.7. The maximum atomic E-state index is 5.70. The zero-order valence-electron chi connectivity index (χ0n) is 12.5. The Bertz CT molecular complexity index is 114. The summed E-state index contributed by atoms with van der Waals surface area (Å²) < 4.78 is 9.27. The van der Waals surface area contributed by atoms with Gasteiger partial charge < -0.3 is 30.1 Å². The van der Waals surface area contributed by atoms with Crippen molar-refractivity contribution in [1.29, 1.82) is 0 Å². The third-order valence-electron chi connectivity index (χ3n) is 1.98. The zero-order valence-corrected chi connectivity index (χ0v) is 16.8. The van der Waals surface area contributed by atoms with E-state index in [4.69, 9.17) is 12.6 Å². The molecule has 0 aliphatic heterocycles. The first kappa shape index (κ1) is 36.5. The Hall–Kier alpha value is 1.22. The first-order valence-corrected chi connectivity index (χ1v) is 4.80. The second kappa shape index (κ2) is 30.9. The number of ether oxygens (including phenoxy) is 2. The van der Waals surface area contributed by atoms with E-state index in [2.05, 4.69) is 17.5 Å². The normalized spacial score (nSPS) is 18.9. The molecule has 0 aromatic heterocycles. The minimum absolute atomic E-state index is 0. The van der Waals surface area contributed by atoms with Crippen LogP contribution in [0.3, 0.4) is 0 Å². The van der Waals surface area contributed by atoms with Crippen molar-refractivity contribution in [3.63, 3.8) is 0 Å². The van der Waals surface area contributed by atoms with E-state index in [0.29, 0.717) is 5.82 Å². The number of hydrogen-bond donors (Lipinski definition) is 1. The molecule has 0 amide bonds. The molecule has 1 aliphatic carbocycles. The molecular formula is C12H29BNO2VW-. The molecule has 2 unspecified atom stereocenters. The van der Waals surface area contributed by atoms with Crippen LogP contribution in [0.5, 0.6) is 0 Å². The molecule has 0 spiro atoms. The summed E-state index contributed by atoms with van der Waals surface area (Å²) >= 11 is 0. The van der Waals surface area contributed by atoms with Crippen LogP contribution in [-0.4, -0.2) is 35.8 Å². The van der Waals surface area contributed by atoms with E-state index in [0.717, 1.165) is 18.9 Å². The van der Waals surface area contributed by atoms with E-state index in [1.807, 2.05) is 0 Å². The molecule has 2 N–H and O–H groups in total. The van der Waals surface area contributed by atoms with E-state index in [1.165, 1.54) is 12.8 Å². The molecule has 1 saturated carbocycles. The molecule has 1 aliphatic rings. The summed E-state index contributed by atoms with van der Waals surface area (Å²) in [4.78, 5) is 0. The van der Waals surface area contributed by atoms with Gasteiger partial charge in [0, 0.05) is 49.0 Å². The Labute approximate surface area is 143 Å². The van der Waals surface area contributed by atoms with Crippen LogP contribution in [-0.2, 0) is 49.1 Å². The molecule has 0 aromatic rings. The fourth-order valence-electron chi connectivity index (χ4n) is 1.50. The Balaban J connectivity index is -0.0000000359. The maximum absolute atomic E-state index is 5.70. The topological polar surface area (TPSA) is 44.5 Å². The summed E-state index contributed by atoms with van der Waals surface area (Å²) in [5.74, 6) is 1.19. The number of rotatable bonds is 2. The minimum atomic E-state index is 0. The van der Waals surface area contributed by atoms with Gasteiger partial charge in [-0.1, -0.05) is 18.7 Å². The fourth-order valence-corrected chi connectivity index (χ4v) is 1.50. The molecule has 0 heterocycles. The molecule has 6 heteroatoms. The summed E-state index contributed by atoms with van der Waals surface area (Å²) in [6.07, 6.45) is 3.61. The largest absolute Gasteiger partial charge is 2.00 e. The van der Waals surface area contributed by atoms with Crippen LogP contribution >= 0.6 is 0 Å². The third kappa shape index (κ3) is 25.9. The van der Waals surface area contributed by atoms with E-state index in [1.54, 1.807) is 21.3 Å². The average Bonchev–Trinajstić information content (AvgIpc) is 2.57. The standard InChI is InChI=1S/C7H13BO.C2H6O.CH4N.2CH3.V.W/c1-9-5-6-2-3-7(8)4-6;1-3-2;1-2;;;;/h6-7H,2-5H2,1H3;1-2H3;1-2H2;2*1H3;;/q;;3*-1;+2;. The van der Waals surface area contributed by atoms with Gasteiger partial charge in [-0.2, -0.15) is 0 Å². The number of hydrogen-bond acceptors (Lipinski definition) is 3. The van der Waals surface area contributed by atoms with E-state index in [9.17, 15) is 0 Å². The van der Waals surface area contributed by atoms with Gasteiger partial charge >= 0.3 is 18.6 Å². The summed E-state index contributed by atoms with van der Waals surface area (Å²) in [5.41, 5.74) is 4.25. The predicted molar refractivity (Wildman–Crippen MR) is 74.0 cm³/mol. The van der Waals surface area contributed by atoms with Gasteiger partial charge in [0.1, 0.15) is 0 Å². The van der Waals surface area contributed by atoms with E-state index >= 15 is 0 Å². The molecular weight excluding hydrogens is 436 g/mol. The van der Waals surface area contributed by atoms with Gasteiger partial charge in [0.25, 0.3) is 0 Å². The summed E-state index contributed by atoms with van der Waals surface area (Å²) in [6.45, 7) is 0.897. The molecule has 3 nitrogen and oxygen atoms in total. The van der Waals surface area contributed by atoms with Gasteiger partial charge in [0.05, 0.1) is 7.85 Å². The van der Waals surface area contributed by atoms with Crippen LogP contribution in [0.2, 0.25) is 5.82 Å². The zero-order chi connectivity index (χ0) is 11.4. The molecule has 1 rings (SSSR count). The monoisotopic (exact) mass is 465 g/mol. The average molecular weight is 465 g/mol. The van der Waals surface area contributed by atoms with Crippen molar-refractivity contribution in [3.8, 4) is 0 Å². The Morgan fingerprint density at radius 1 is 1.17 bits per heavy atom. The summed E-state index contributed by atoms with van der Waals surface area (Å²) in [5, 5.41) is 0. The molecule has 1 fully saturated rings. The van der Waals surface area contributed by atoms with Crippen LogP contribution in [0.1, 0.15) is 19.3 Å². The molecule has 0 bridgehead atoms. The maximum Gasteiger partial charge on any atom is 2.00 e. The van der Waals surface area contributed by atoms with Gasteiger partial charge in [-0.3, -0.25) is 7.05 Å². The molecule has 0 saturated heterocycles. The first-order chi connectivity index (χ1) is 6.74. The molecule has 109 valence electrons. The minimum Gasteiger partial charge on any atom is -0.486 e. The Morgan fingerprint density at radius 2 is 1.56 bits per heavy atom. The third-order valence-corrected chi connectivity index (χ3v) is 1.98. The van der Waals surface area contributed by atoms with Gasteiger partial charge in [-0.25, -0.2) is 0 Å². The quantitative estimate of drug-likeness (QED) is 0.504. The SMILES string of the molecule is COC.[B]C1CCC(COC)C1.[CH2-]N.[CH3-].[CH3-].[V+2].[W]. The second-order valence-corrected chi connectivity index (χ2v) is 3.30. The number of nitrogens with two attached hydrogens (primary N) is 1. The van der Waals surface area contributed by atoms with Crippen LogP contribution in [0, 0.1) is 27.8 Å². The van der Waals surface area contributed by atoms with Crippen molar-refractivity contribution in [2.45, 2.75) is 25.1 Å². The van der Waals surface area contributed by atoms with Crippen molar-refractivity contribution in [2.24, 2.45) is 11.7 Å². The molecule has 3 radical (unpaired) electrons. The second-order valence-electron chi connectivity index (χ2n) is 3.30. The van der Waals surface area contributed by atoms with Crippen molar-refractivity contribution >= 4 is 7.85 Å². The molecule has 18 heavy (non-hydrogen) atoms. The van der Waals surface area contributed by atoms with Crippen LogP contribution in [0.15, 0.2) is 0 Å². The van der Waals surface area contributed by atoms with E-state index in [-0.39, 0.29) is 54.5 Å². The first-order valence-electron chi connectivity index (χ1n) is 4.80. The van der Waals surface area contributed by atoms with Crippen molar-refractivity contribution in [1.82, 2.24) is 0 Å². The summed E-state index contributed by atoms with van der Waals surface area (Å²) in [7, 11) is 13.5. The fraction of sp³-hybridized carbons (Fsp3) is 0.750. The van der Waals surface area contributed by atoms with Crippen molar-refractivity contribution in [3.05, 3.63) is 21.9 Å². The van der Waals surface area contributed by atoms with Gasteiger partial charge in [-0.05, 0) is 12.3 Å².